The van der Waals surface area contributed by atoms with Crippen LogP contribution < -0.4 is 0 Å². The Hall–Kier alpha value is -1.95. The van der Waals surface area contributed by atoms with E-state index in [1.807, 2.05) is 6.92 Å². The van der Waals surface area contributed by atoms with E-state index in [2.05, 4.69) is 0 Å². The number of hydrogen-bond donors (Lipinski definition) is 1. The SMILES string of the molecule is CCCC(=O)OCC(C)(CO)C(=O)OCc1ccc(F)cc1. The number of esters is 2. The van der Waals surface area contributed by atoms with Crippen LogP contribution in [0.25, 0.3) is 0 Å². The van der Waals surface area contributed by atoms with Crippen molar-refractivity contribution in [2.75, 3.05) is 13.2 Å². The van der Waals surface area contributed by atoms with E-state index in [1.54, 1.807) is 0 Å². The summed E-state index contributed by atoms with van der Waals surface area (Å²) in [5.41, 5.74) is -0.693. The van der Waals surface area contributed by atoms with Crippen molar-refractivity contribution >= 4 is 11.9 Å². The maximum absolute atomic E-state index is 12.8. The number of hydrogen-bond acceptors (Lipinski definition) is 5. The first-order valence-corrected chi connectivity index (χ1v) is 7.09. The summed E-state index contributed by atoms with van der Waals surface area (Å²) in [7, 11) is 0. The summed E-state index contributed by atoms with van der Waals surface area (Å²) in [4.78, 5) is 23.4. The molecule has 0 saturated heterocycles. The molecule has 0 fully saturated rings. The third kappa shape index (κ3) is 5.44. The van der Waals surface area contributed by atoms with Crippen molar-refractivity contribution in [3.8, 4) is 0 Å². The molecule has 0 spiro atoms. The molecule has 1 atom stereocenters. The number of halogens is 1. The fourth-order valence-corrected chi connectivity index (χ4v) is 1.59. The van der Waals surface area contributed by atoms with Crippen LogP contribution in [0.4, 0.5) is 4.39 Å². The Morgan fingerprint density at radius 1 is 1.23 bits per heavy atom. The molecule has 6 heteroatoms. The lowest BCUT2D eigenvalue weighted by Gasteiger charge is -2.24. The fraction of sp³-hybridized carbons (Fsp3) is 0.500. The Morgan fingerprint density at radius 3 is 2.41 bits per heavy atom. The molecular weight excluding hydrogens is 291 g/mol. The highest BCUT2D eigenvalue weighted by molar-refractivity contribution is 5.77. The van der Waals surface area contributed by atoms with E-state index in [4.69, 9.17) is 9.47 Å². The molecule has 1 N–H and O–H groups in total. The van der Waals surface area contributed by atoms with Gasteiger partial charge in [0.2, 0.25) is 0 Å². The van der Waals surface area contributed by atoms with Crippen molar-refractivity contribution in [3.63, 3.8) is 0 Å². The maximum Gasteiger partial charge on any atom is 0.317 e. The lowest BCUT2D eigenvalue weighted by atomic mass is 9.93. The normalized spacial score (nSPS) is 13.3. The van der Waals surface area contributed by atoms with Gasteiger partial charge in [-0.2, -0.15) is 0 Å². The number of aliphatic hydroxyl groups excluding tert-OH is 1. The first kappa shape index (κ1) is 18.1. The summed E-state index contributed by atoms with van der Waals surface area (Å²) in [5, 5.41) is 9.39. The zero-order valence-corrected chi connectivity index (χ0v) is 12.8. The van der Waals surface area contributed by atoms with Crippen LogP contribution >= 0.6 is 0 Å². The summed E-state index contributed by atoms with van der Waals surface area (Å²) in [6.07, 6.45) is 0.899. The van der Waals surface area contributed by atoms with E-state index in [1.165, 1.54) is 31.2 Å². The summed E-state index contributed by atoms with van der Waals surface area (Å²) in [6.45, 7) is 2.50. The Morgan fingerprint density at radius 2 is 1.86 bits per heavy atom. The molecule has 0 aliphatic carbocycles. The second-order valence-electron chi connectivity index (χ2n) is 5.33. The third-order valence-corrected chi connectivity index (χ3v) is 3.13. The van der Waals surface area contributed by atoms with E-state index in [9.17, 15) is 19.1 Å². The molecule has 5 nitrogen and oxygen atoms in total. The van der Waals surface area contributed by atoms with E-state index in [0.29, 0.717) is 12.0 Å². The second kappa shape index (κ2) is 8.48. The van der Waals surface area contributed by atoms with Gasteiger partial charge in [0.25, 0.3) is 0 Å². The predicted molar refractivity (Wildman–Crippen MR) is 77.3 cm³/mol. The minimum atomic E-state index is -1.32. The molecule has 1 aromatic rings. The standard InChI is InChI=1S/C16H21FO5/c1-3-4-14(19)22-11-16(2,10-18)15(20)21-9-12-5-7-13(17)8-6-12/h5-8,18H,3-4,9-11H2,1-2H3. The maximum atomic E-state index is 12.8. The van der Waals surface area contributed by atoms with Crippen LogP contribution in [-0.4, -0.2) is 30.3 Å². The molecule has 0 radical (unpaired) electrons. The molecule has 1 unspecified atom stereocenters. The average Bonchev–Trinajstić information content (AvgIpc) is 2.52. The lowest BCUT2D eigenvalue weighted by Crippen LogP contribution is -2.38. The number of aliphatic hydroxyl groups is 1. The van der Waals surface area contributed by atoms with Gasteiger partial charge in [-0.15, -0.1) is 0 Å². The van der Waals surface area contributed by atoms with Crippen LogP contribution in [0.15, 0.2) is 24.3 Å². The van der Waals surface area contributed by atoms with Gasteiger partial charge in [-0.3, -0.25) is 9.59 Å². The molecule has 0 aromatic heterocycles. The lowest BCUT2D eigenvalue weighted by molar-refractivity contribution is -0.166. The fourth-order valence-electron chi connectivity index (χ4n) is 1.59. The quantitative estimate of drug-likeness (QED) is 0.745. The van der Waals surface area contributed by atoms with Crippen molar-refractivity contribution in [3.05, 3.63) is 35.6 Å². The molecule has 0 amide bonds. The van der Waals surface area contributed by atoms with Crippen molar-refractivity contribution < 1.29 is 28.6 Å². The number of benzene rings is 1. The molecule has 0 heterocycles. The van der Waals surface area contributed by atoms with Crippen LogP contribution in [0.1, 0.15) is 32.3 Å². The molecule has 0 aliphatic heterocycles. The molecular formula is C16H21FO5. The van der Waals surface area contributed by atoms with Crippen molar-refractivity contribution in [1.29, 1.82) is 0 Å². The van der Waals surface area contributed by atoms with E-state index >= 15 is 0 Å². The van der Waals surface area contributed by atoms with Gasteiger partial charge in [-0.25, -0.2) is 4.39 Å². The van der Waals surface area contributed by atoms with Gasteiger partial charge in [-0.1, -0.05) is 19.1 Å². The van der Waals surface area contributed by atoms with Gasteiger partial charge < -0.3 is 14.6 Å². The number of carbonyl (C=O) groups is 2. The highest BCUT2D eigenvalue weighted by atomic mass is 19.1. The molecule has 0 saturated carbocycles. The number of rotatable bonds is 8. The highest BCUT2D eigenvalue weighted by Crippen LogP contribution is 2.20. The number of carbonyl (C=O) groups excluding carboxylic acids is 2. The monoisotopic (exact) mass is 312 g/mol. The minimum absolute atomic E-state index is 0.0440. The molecule has 0 aliphatic rings. The summed E-state index contributed by atoms with van der Waals surface area (Å²) >= 11 is 0. The van der Waals surface area contributed by atoms with Crippen molar-refractivity contribution in [1.82, 2.24) is 0 Å². The van der Waals surface area contributed by atoms with Crippen LogP contribution in [0.5, 0.6) is 0 Å². The molecule has 0 bridgehead atoms. The average molecular weight is 312 g/mol. The van der Waals surface area contributed by atoms with Crippen molar-refractivity contribution in [2.24, 2.45) is 5.41 Å². The van der Waals surface area contributed by atoms with Gasteiger partial charge in [0.05, 0.1) is 6.61 Å². The van der Waals surface area contributed by atoms with Gasteiger partial charge in [0.1, 0.15) is 24.4 Å². The molecule has 22 heavy (non-hydrogen) atoms. The molecule has 122 valence electrons. The Kier molecular flexibility index (Phi) is 6.98. The van der Waals surface area contributed by atoms with Gasteiger partial charge >= 0.3 is 11.9 Å². The van der Waals surface area contributed by atoms with Crippen molar-refractivity contribution in [2.45, 2.75) is 33.3 Å². The summed E-state index contributed by atoms with van der Waals surface area (Å²) in [6, 6.07) is 5.53. The minimum Gasteiger partial charge on any atom is -0.464 e. The summed E-state index contributed by atoms with van der Waals surface area (Å²) < 4.78 is 22.9. The third-order valence-electron chi connectivity index (χ3n) is 3.13. The van der Waals surface area contributed by atoms with Crippen LogP contribution in [0.3, 0.4) is 0 Å². The summed E-state index contributed by atoms with van der Waals surface area (Å²) in [5.74, 6) is -1.48. The second-order valence-corrected chi connectivity index (χ2v) is 5.33. The predicted octanol–water partition coefficient (Wildman–Crippen LogP) is 2.21. The van der Waals surface area contributed by atoms with Gasteiger partial charge in [0.15, 0.2) is 0 Å². The largest absolute Gasteiger partial charge is 0.464 e. The van der Waals surface area contributed by atoms with Crippen LogP contribution in [0, 0.1) is 11.2 Å². The molecule has 1 aromatic carbocycles. The molecule has 1 rings (SSSR count). The topological polar surface area (TPSA) is 72.8 Å². The smallest absolute Gasteiger partial charge is 0.317 e. The zero-order chi connectivity index (χ0) is 16.6. The zero-order valence-electron chi connectivity index (χ0n) is 12.8. The first-order valence-electron chi connectivity index (χ1n) is 7.09. The highest BCUT2D eigenvalue weighted by Gasteiger charge is 2.36. The van der Waals surface area contributed by atoms with Gasteiger partial charge in [-0.05, 0) is 31.0 Å². The van der Waals surface area contributed by atoms with E-state index in [-0.39, 0.29) is 25.5 Å². The number of ether oxygens (including phenoxy) is 2. The Bertz CT molecular complexity index is 500. The Balaban J connectivity index is 2.55. The van der Waals surface area contributed by atoms with Crippen LogP contribution in [0.2, 0.25) is 0 Å². The van der Waals surface area contributed by atoms with Crippen LogP contribution in [-0.2, 0) is 25.7 Å². The van der Waals surface area contributed by atoms with E-state index in [0.717, 1.165) is 0 Å². The van der Waals surface area contributed by atoms with E-state index < -0.39 is 24.0 Å². The first-order chi connectivity index (χ1) is 10.4. The Labute approximate surface area is 129 Å². The van der Waals surface area contributed by atoms with Gasteiger partial charge in [0, 0.05) is 6.42 Å².